The van der Waals surface area contributed by atoms with Crippen LogP contribution in [0.25, 0.3) is 22.1 Å². The Morgan fingerprint density at radius 3 is 3.03 bits per heavy atom. The lowest BCUT2D eigenvalue weighted by Crippen LogP contribution is -2.37. The molecule has 1 saturated heterocycles. The molecule has 2 atom stereocenters. The van der Waals surface area contributed by atoms with Gasteiger partial charge in [-0.2, -0.15) is 5.10 Å². The Kier molecular flexibility index (Phi) is 5.43. The maximum atomic E-state index is 14.5. The van der Waals surface area contributed by atoms with Crippen molar-refractivity contribution >= 4 is 33.9 Å². The zero-order valence-electron chi connectivity index (χ0n) is 18.2. The van der Waals surface area contributed by atoms with Crippen LogP contribution < -0.4 is 5.73 Å². The van der Waals surface area contributed by atoms with Gasteiger partial charge in [0, 0.05) is 19.7 Å². The second kappa shape index (κ2) is 8.57. The van der Waals surface area contributed by atoms with E-state index in [4.69, 9.17) is 14.9 Å². The van der Waals surface area contributed by atoms with Crippen molar-refractivity contribution in [1.29, 1.82) is 0 Å². The van der Waals surface area contributed by atoms with E-state index >= 15 is 0 Å². The molecular weight excluding hydrogens is 441 g/mol. The molecular formula is C23H20FN7O3. The summed E-state index contributed by atoms with van der Waals surface area (Å²) in [6.07, 6.45) is 4.47. The van der Waals surface area contributed by atoms with E-state index in [2.05, 4.69) is 38.5 Å². The third-order valence-corrected chi connectivity index (χ3v) is 5.81. The molecule has 1 aromatic carbocycles. The van der Waals surface area contributed by atoms with E-state index < -0.39 is 5.82 Å². The van der Waals surface area contributed by atoms with Crippen molar-refractivity contribution < 1.29 is 18.3 Å². The number of benzene rings is 1. The smallest absolute Gasteiger partial charge is 0.246 e. The number of methoxy groups -OCH3 is 1. The molecule has 11 heteroatoms. The van der Waals surface area contributed by atoms with Crippen LogP contribution in [-0.4, -0.2) is 61.8 Å². The summed E-state index contributed by atoms with van der Waals surface area (Å²) in [6, 6.07) is 2.40. The molecule has 1 aliphatic heterocycles. The van der Waals surface area contributed by atoms with Crippen molar-refractivity contribution in [3.05, 3.63) is 54.6 Å². The van der Waals surface area contributed by atoms with Gasteiger partial charge in [-0.3, -0.25) is 4.79 Å². The molecule has 0 unspecified atom stereocenters. The van der Waals surface area contributed by atoms with E-state index in [1.165, 1.54) is 30.9 Å². The number of halogens is 1. The molecule has 5 rings (SSSR count). The van der Waals surface area contributed by atoms with Gasteiger partial charge in [0.15, 0.2) is 17.6 Å². The highest BCUT2D eigenvalue weighted by Crippen LogP contribution is 2.32. The first-order chi connectivity index (χ1) is 16.5. The largest absolute Gasteiger partial charge is 0.443 e. The monoisotopic (exact) mass is 461 g/mol. The predicted octanol–water partition coefficient (Wildman–Crippen LogP) is 2.06. The van der Waals surface area contributed by atoms with E-state index in [0.29, 0.717) is 47.4 Å². The van der Waals surface area contributed by atoms with E-state index in [-0.39, 0.29) is 29.4 Å². The van der Waals surface area contributed by atoms with Crippen LogP contribution >= 0.6 is 0 Å². The van der Waals surface area contributed by atoms with E-state index in [9.17, 15) is 9.18 Å². The highest BCUT2D eigenvalue weighted by molar-refractivity contribution is 5.91. The maximum absolute atomic E-state index is 14.5. The summed E-state index contributed by atoms with van der Waals surface area (Å²) in [5.74, 6) is 5.19. The van der Waals surface area contributed by atoms with Gasteiger partial charge in [-0.15, -0.1) is 0 Å². The van der Waals surface area contributed by atoms with Gasteiger partial charge in [-0.1, -0.05) is 12.5 Å². The van der Waals surface area contributed by atoms with Gasteiger partial charge >= 0.3 is 0 Å². The van der Waals surface area contributed by atoms with Crippen molar-refractivity contribution in [2.45, 2.75) is 18.5 Å². The SMILES string of the molecule is C=CC(=O)N1C[C@@H](n2nc(C#Cc3cc4ncoc4cc3F)c3c(N)ncnc32)C[C@@H]1COC. The Labute approximate surface area is 193 Å². The molecule has 0 bridgehead atoms. The van der Waals surface area contributed by atoms with E-state index in [1.54, 1.807) is 16.7 Å². The lowest BCUT2D eigenvalue weighted by molar-refractivity contribution is -0.127. The molecule has 172 valence electrons. The van der Waals surface area contributed by atoms with Crippen LogP contribution in [0.4, 0.5) is 10.2 Å². The summed E-state index contributed by atoms with van der Waals surface area (Å²) in [5.41, 5.74) is 7.90. The van der Waals surface area contributed by atoms with Crippen molar-refractivity contribution in [1.82, 2.24) is 29.6 Å². The molecule has 1 fully saturated rings. The third-order valence-electron chi connectivity index (χ3n) is 5.81. The molecule has 0 aliphatic carbocycles. The number of likely N-dealkylation sites (tertiary alicyclic amines) is 1. The quantitative estimate of drug-likeness (QED) is 0.362. The number of oxazole rings is 1. The Hall–Kier alpha value is -4.30. The van der Waals surface area contributed by atoms with Gasteiger partial charge in [0.2, 0.25) is 5.91 Å². The van der Waals surface area contributed by atoms with Gasteiger partial charge in [0.05, 0.1) is 29.6 Å². The number of aromatic nitrogens is 5. The van der Waals surface area contributed by atoms with Gasteiger partial charge in [0.25, 0.3) is 0 Å². The number of hydrogen-bond donors (Lipinski definition) is 1. The first-order valence-corrected chi connectivity index (χ1v) is 10.5. The molecule has 0 radical (unpaired) electrons. The van der Waals surface area contributed by atoms with Crippen LogP contribution in [-0.2, 0) is 9.53 Å². The lowest BCUT2D eigenvalue weighted by Gasteiger charge is -2.22. The fourth-order valence-electron chi connectivity index (χ4n) is 4.25. The first-order valence-electron chi connectivity index (χ1n) is 10.5. The number of carbonyl (C=O) groups excluding carboxylic acids is 1. The fraction of sp³-hybridized carbons (Fsp3) is 0.261. The number of fused-ring (bicyclic) bond motifs is 2. The zero-order chi connectivity index (χ0) is 23.8. The van der Waals surface area contributed by atoms with E-state index in [0.717, 1.165) is 0 Å². The predicted molar refractivity (Wildman–Crippen MR) is 121 cm³/mol. The fourth-order valence-corrected chi connectivity index (χ4v) is 4.25. The second-order valence-corrected chi connectivity index (χ2v) is 7.85. The number of carbonyl (C=O) groups is 1. The number of hydrogen-bond acceptors (Lipinski definition) is 8. The van der Waals surface area contributed by atoms with Gasteiger partial charge in [0.1, 0.15) is 29.2 Å². The summed E-state index contributed by atoms with van der Waals surface area (Å²) in [6.45, 7) is 4.36. The van der Waals surface area contributed by atoms with Crippen LogP contribution in [0.5, 0.6) is 0 Å². The number of nitrogen functional groups attached to an aromatic ring is 1. The van der Waals surface area contributed by atoms with Crippen molar-refractivity contribution in [2.75, 3.05) is 26.0 Å². The third kappa shape index (κ3) is 3.64. The normalized spacial score (nSPS) is 17.8. The summed E-state index contributed by atoms with van der Waals surface area (Å²) in [5, 5.41) is 5.11. The van der Waals surface area contributed by atoms with Crippen LogP contribution in [0.1, 0.15) is 23.7 Å². The molecule has 4 aromatic rings. The molecule has 2 N–H and O–H groups in total. The topological polar surface area (TPSA) is 125 Å². The van der Waals surface area contributed by atoms with Gasteiger partial charge in [-0.05, 0) is 24.5 Å². The number of nitrogens with two attached hydrogens (primary N) is 1. The summed E-state index contributed by atoms with van der Waals surface area (Å²) >= 11 is 0. The summed E-state index contributed by atoms with van der Waals surface area (Å²) in [7, 11) is 1.59. The number of ether oxygens (including phenoxy) is 1. The second-order valence-electron chi connectivity index (χ2n) is 7.85. The Morgan fingerprint density at radius 1 is 1.38 bits per heavy atom. The highest BCUT2D eigenvalue weighted by Gasteiger charge is 2.37. The molecule has 10 nitrogen and oxygen atoms in total. The summed E-state index contributed by atoms with van der Waals surface area (Å²) in [4.78, 5) is 26.5. The maximum Gasteiger partial charge on any atom is 0.246 e. The number of nitrogens with zero attached hydrogens (tertiary/aromatic N) is 6. The Morgan fingerprint density at radius 2 is 2.24 bits per heavy atom. The molecule has 1 aliphatic rings. The van der Waals surface area contributed by atoms with Crippen LogP contribution in [0.15, 0.2) is 41.9 Å². The average Bonchev–Trinajstić information content (AvgIpc) is 3.54. The number of anilines is 1. The lowest BCUT2D eigenvalue weighted by atomic mass is 10.1. The van der Waals surface area contributed by atoms with Crippen LogP contribution in [0.3, 0.4) is 0 Å². The Balaban J connectivity index is 1.57. The number of amides is 1. The Bertz CT molecular complexity index is 1480. The molecule has 3 aromatic heterocycles. The molecule has 34 heavy (non-hydrogen) atoms. The number of rotatable bonds is 4. The minimum Gasteiger partial charge on any atom is -0.443 e. The first kappa shape index (κ1) is 21.5. The van der Waals surface area contributed by atoms with Crippen molar-refractivity contribution in [2.24, 2.45) is 0 Å². The zero-order valence-corrected chi connectivity index (χ0v) is 18.2. The molecule has 0 saturated carbocycles. The van der Waals surface area contributed by atoms with Gasteiger partial charge in [-0.25, -0.2) is 24.0 Å². The van der Waals surface area contributed by atoms with Crippen LogP contribution in [0, 0.1) is 17.7 Å². The van der Waals surface area contributed by atoms with Crippen molar-refractivity contribution in [3.8, 4) is 11.8 Å². The molecule has 0 spiro atoms. The average molecular weight is 461 g/mol. The van der Waals surface area contributed by atoms with Crippen molar-refractivity contribution in [3.63, 3.8) is 0 Å². The minimum atomic E-state index is -0.540. The molecule has 4 heterocycles. The van der Waals surface area contributed by atoms with Gasteiger partial charge < -0.3 is 19.8 Å². The minimum absolute atomic E-state index is 0.142. The molecule has 1 amide bonds. The summed E-state index contributed by atoms with van der Waals surface area (Å²) < 4.78 is 26.6. The van der Waals surface area contributed by atoms with Crippen LogP contribution in [0.2, 0.25) is 0 Å². The standard InChI is InChI=1S/C23H20FN7O3/c1-3-20(32)30-9-14(7-15(30)10-33-2)31-23-21(22(25)26-11-27-23)17(29-31)5-4-13-6-18-19(8-16(13)24)34-12-28-18/h3,6,8,11-12,14-15H,1,7,9-10H2,2H3,(H2,25,26,27)/t14-,15+/m0/s1. The highest BCUT2D eigenvalue weighted by atomic mass is 19.1. The van der Waals surface area contributed by atoms with E-state index in [1.807, 2.05) is 0 Å².